The van der Waals surface area contributed by atoms with Crippen molar-refractivity contribution in [3.63, 3.8) is 0 Å². The number of hydrogen-bond donors (Lipinski definition) is 0. The third-order valence-electron chi connectivity index (χ3n) is 2.46. The van der Waals surface area contributed by atoms with E-state index in [0.717, 1.165) is 18.2 Å². The number of ether oxygens (including phenoxy) is 2. The number of rotatable bonds is 7. The molecule has 1 rings (SSSR count). The summed E-state index contributed by atoms with van der Waals surface area (Å²) in [6.07, 6.45) is 1.74. The molecule has 0 saturated heterocycles. The molecule has 6 nitrogen and oxygen atoms in total. The van der Waals surface area contributed by atoms with E-state index in [4.69, 9.17) is 8.92 Å². The Bertz CT molecular complexity index is 564. The van der Waals surface area contributed by atoms with Crippen molar-refractivity contribution in [1.82, 2.24) is 0 Å². The zero-order valence-electron chi connectivity index (χ0n) is 11.7. The van der Waals surface area contributed by atoms with Crippen LogP contribution < -0.4 is 4.74 Å². The number of esters is 1. The minimum atomic E-state index is -3.50. The summed E-state index contributed by atoms with van der Waals surface area (Å²) in [5.74, 6) is -0.0114. The highest BCUT2D eigenvalue weighted by Gasteiger charge is 2.07. The lowest BCUT2D eigenvalue weighted by Gasteiger charge is -2.10. The number of benzene rings is 1. The van der Waals surface area contributed by atoms with Crippen LogP contribution in [0.4, 0.5) is 0 Å². The molecular formula is C13H18O6S. The van der Waals surface area contributed by atoms with Gasteiger partial charge in [-0.25, -0.2) is 4.79 Å². The van der Waals surface area contributed by atoms with E-state index in [1.54, 1.807) is 12.1 Å². The van der Waals surface area contributed by atoms with Crippen molar-refractivity contribution >= 4 is 16.1 Å². The highest BCUT2D eigenvalue weighted by atomic mass is 32.2. The van der Waals surface area contributed by atoms with Gasteiger partial charge in [-0.2, -0.15) is 8.42 Å². The molecule has 0 aliphatic heterocycles. The Morgan fingerprint density at radius 2 is 1.85 bits per heavy atom. The van der Waals surface area contributed by atoms with E-state index in [1.165, 1.54) is 7.11 Å². The normalized spacial score (nSPS) is 11.2. The summed E-state index contributed by atoms with van der Waals surface area (Å²) in [6, 6.07) is 5.25. The van der Waals surface area contributed by atoms with Gasteiger partial charge in [0.05, 0.1) is 20.0 Å². The van der Waals surface area contributed by atoms with Crippen molar-refractivity contribution in [3.8, 4) is 5.75 Å². The van der Waals surface area contributed by atoms with Gasteiger partial charge in [-0.15, -0.1) is 0 Å². The monoisotopic (exact) mass is 302 g/mol. The predicted molar refractivity (Wildman–Crippen MR) is 73.0 cm³/mol. The van der Waals surface area contributed by atoms with Crippen LogP contribution in [0.1, 0.15) is 18.1 Å². The smallest absolute Gasteiger partial charge is 0.343 e. The summed E-state index contributed by atoms with van der Waals surface area (Å²) in [5.41, 5.74) is 1.62. The molecule has 0 fully saturated rings. The van der Waals surface area contributed by atoms with Crippen LogP contribution in [0.25, 0.3) is 0 Å². The molecule has 0 heterocycles. The molecular weight excluding hydrogens is 284 g/mol. The zero-order chi connectivity index (χ0) is 15.2. The fraction of sp³-hybridized carbons (Fsp3) is 0.462. The first-order chi connectivity index (χ1) is 9.34. The van der Waals surface area contributed by atoms with Crippen molar-refractivity contribution in [2.24, 2.45) is 0 Å². The second kappa shape index (κ2) is 7.25. The maximum Gasteiger partial charge on any atom is 0.343 e. The molecule has 0 unspecified atom stereocenters. The molecule has 7 heteroatoms. The van der Waals surface area contributed by atoms with Crippen LogP contribution in [-0.4, -0.2) is 34.4 Å². The molecule has 0 bridgehead atoms. The molecule has 0 aromatic heterocycles. The van der Waals surface area contributed by atoms with Crippen molar-refractivity contribution in [2.45, 2.75) is 20.0 Å². The summed E-state index contributed by atoms with van der Waals surface area (Å²) in [4.78, 5) is 11.0. The molecule has 0 radical (unpaired) electrons. The van der Waals surface area contributed by atoms with Gasteiger partial charge in [0.25, 0.3) is 10.1 Å². The Morgan fingerprint density at radius 1 is 1.20 bits per heavy atom. The predicted octanol–water partition coefficient (Wildman–Crippen LogP) is 1.28. The second-order valence-corrected chi connectivity index (χ2v) is 5.81. The molecule has 0 N–H and O–H groups in total. The third kappa shape index (κ3) is 6.03. The summed E-state index contributed by atoms with van der Waals surface area (Å²) in [6.45, 7) is 1.69. The van der Waals surface area contributed by atoms with Crippen molar-refractivity contribution in [3.05, 3.63) is 29.3 Å². The van der Waals surface area contributed by atoms with Gasteiger partial charge in [0.2, 0.25) is 0 Å². The Morgan fingerprint density at radius 3 is 2.40 bits per heavy atom. The van der Waals surface area contributed by atoms with Gasteiger partial charge in [-0.1, -0.05) is 13.0 Å². The first kappa shape index (κ1) is 16.5. The van der Waals surface area contributed by atoms with Crippen LogP contribution in [0, 0.1) is 0 Å². The highest BCUT2D eigenvalue weighted by molar-refractivity contribution is 7.85. The maximum absolute atomic E-state index is 11.0. The number of hydrogen-bond acceptors (Lipinski definition) is 6. The fourth-order valence-electron chi connectivity index (χ4n) is 1.48. The van der Waals surface area contributed by atoms with Crippen LogP contribution in [0.3, 0.4) is 0 Å². The molecule has 0 amide bonds. The van der Waals surface area contributed by atoms with E-state index in [1.807, 2.05) is 13.0 Å². The molecule has 1 aromatic carbocycles. The summed E-state index contributed by atoms with van der Waals surface area (Å²) in [7, 11) is -2.22. The van der Waals surface area contributed by atoms with Gasteiger partial charge in [0.15, 0.2) is 6.61 Å². The average Bonchev–Trinajstić information content (AvgIpc) is 2.41. The SMILES string of the molecule is CCc1cc(COS(C)(=O)=O)cc(OCC(=O)OC)c1. The summed E-state index contributed by atoms with van der Waals surface area (Å²) >= 11 is 0. The van der Waals surface area contributed by atoms with Gasteiger partial charge >= 0.3 is 5.97 Å². The first-order valence-electron chi connectivity index (χ1n) is 6.01. The molecule has 0 atom stereocenters. The lowest BCUT2D eigenvalue weighted by molar-refractivity contribution is -0.142. The Hall–Kier alpha value is -1.60. The fourth-order valence-corrected chi connectivity index (χ4v) is 1.83. The van der Waals surface area contributed by atoms with E-state index in [0.29, 0.717) is 11.3 Å². The summed E-state index contributed by atoms with van der Waals surface area (Å²) in [5, 5.41) is 0. The molecule has 0 aliphatic carbocycles. The molecule has 112 valence electrons. The second-order valence-electron chi connectivity index (χ2n) is 4.17. The largest absolute Gasteiger partial charge is 0.482 e. The molecule has 0 spiro atoms. The Labute approximate surface area is 118 Å². The molecule has 0 aliphatic rings. The minimum absolute atomic E-state index is 0.0682. The van der Waals surface area contributed by atoms with Gasteiger partial charge in [0, 0.05) is 0 Å². The van der Waals surface area contributed by atoms with E-state index in [9.17, 15) is 13.2 Å². The first-order valence-corrected chi connectivity index (χ1v) is 7.82. The Kier molecular flexibility index (Phi) is 5.97. The van der Waals surface area contributed by atoms with Crippen LogP contribution >= 0.6 is 0 Å². The topological polar surface area (TPSA) is 78.9 Å². The van der Waals surface area contributed by atoms with E-state index >= 15 is 0 Å². The van der Waals surface area contributed by atoms with Crippen LogP contribution in [0.15, 0.2) is 18.2 Å². The van der Waals surface area contributed by atoms with Gasteiger partial charge in [-0.05, 0) is 29.7 Å². The highest BCUT2D eigenvalue weighted by Crippen LogP contribution is 2.19. The van der Waals surface area contributed by atoms with Crippen molar-refractivity contribution < 1.29 is 26.9 Å². The van der Waals surface area contributed by atoms with Crippen LogP contribution in [0.2, 0.25) is 0 Å². The number of carbonyl (C=O) groups excluding carboxylic acids is 1. The maximum atomic E-state index is 11.0. The molecule has 0 saturated carbocycles. The Balaban J connectivity index is 2.82. The summed E-state index contributed by atoms with van der Waals surface area (Å²) < 4.78 is 36.5. The average molecular weight is 302 g/mol. The van der Waals surface area contributed by atoms with Crippen molar-refractivity contribution in [1.29, 1.82) is 0 Å². The number of carbonyl (C=O) groups is 1. The standard InChI is InChI=1S/C13H18O6S/c1-4-10-5-11(8-19-20(3,15)16)7-12(6-10)18-9-13(14)17-2/h5-7H,4,8-9H2,1-3H3. The molecule has 20 heavy (non-hydrogen) atoms. The molecule has 1 aromatic rings. The van der Waals surface area contributed by atoms with Gasteiger partial charge < -0.3 is 9.47 Å². The number of aryl methyl sites for hydroxylation is 1. The lowest BCUT2D eigenvalue weighted by Crippen LogP contribution is -2.13. The van der Waals surface area contributed by atoms with Gasteiger partial charge in [0.1, 0.15) is 5.75 Å². The minimum Gasteiger partial charge on any atom is -0.482 e. The van der Waals surface area contributed by atoms with E-state index in [-0.39, 0.29) is 13.2 Å². The number of methoxy groups -OCH3 is 1. The quantitative estimate of drug-likeness (QED) is 0.557. The van der Waals surface area contributed by atoms with Crippen LogP contribution in [0.5, 0.6) is 5.75 Å². The van der Waals surface area contributed by atoms with Gasteiger partial charge in [-0.3, -0.25) is 4.18 Å². The van der Waals surface area contributed by atoms with E-state index < -0.39 is 16.1 Å². The zero-order valence-corrected chi connectivity index (χ0v) is 12.5. The van der Waals surface area contributed by atoms with Crippen LogP contribution in [-0.2, 0) is 36.9 Å². The van der Waals surface area contributed by atoms with Crippen molar-refractivity contribution in [2.75, 3.05) is 20.0 Å². The lowest BCUT2D eigenvalue weighted by atomic mass is 10.1. The third-order valence-corrected chi connectivity index (χ3v) is 3.00. The van der Waals surface area contributed by atoms with E-state index in [2.05, 4.69) is 4.74 Å².